The van der Waals surface area contributed by atoms with Gasteiger partial charge < -0.3 is 14.8 Å². The Labute approximate surface area is 165 Å². The molecule has 1 amide bonds. The number of pyridine rings is 1. The van der Waals surface area contributed by atoms with E-state index in [9.17, 15) is 9.59 Å². The number of nitrogens with zero attached hydrogens (tertiary/aromatic N) is 1. The summed E-state index contributed by atoms with van der Waals surface area (Å²) in [5.74, 6) is 0.0348. The molecule has 0 saturated carbocycles. The number of benzene rings is 1. The lowest BCUT2D eigenvalue weighted by molar-refractivity contribution is -0.137. The lowest BCUT2D eigenvalue weighted by Crippen LogP contribution is -2.43. The second-order valence-corrected chi connectivity index (χ2v) is 6.80. The van der Waals surface area contributed by atoms with Gasteiger partial charge in [-0.3, -0.25) is 9.78 Å². The summed E-state index contributed by atoms with van der Waals surface area (Å²) < 4.78 is 10.9. The van der Waals surface area contributed by atoms with Crippen molar-refractivity contribution in [1.82, 2.24) is 10.3 Å². The first-order valence-electron chi connectivity index (χ1n) is 9.15. The number of ether oxygens (including phenoxy) is 2. The van der Waals surface area contributed by atoms with Crippen LogP contribution in [-0.4, -0.2) is 30.0 Å². The van der Waals surface area contributed by atoms with Crippen LogP contribution >= 0.6 is 0 Å². The number of rotatable bonds is 9. The van der Waals surface area contributed by atoms with Crippen molar-refractivity contribution >= 4 is 11.9 Å². The predicted molar refractivity (Wildman–Crippen MR) is 107 cm³/mol. The molecule has 2 aromatic rings. The lowest BCUT2D eigenvalue weighted by atomic mass is 10.0. The Kier molecular flexibility index (Phi) is 7.75. The molecule has 0 aliphatic rings. The first-order chi connectivity index (χ1) is 13.4. The summed E-state index contributed by atoms with van der Waals surface area (Å²) in [5.41, 5.74) is 1.38. The number of nitrogens with one attached hydrogen (secondary N) is 1. The number of amides is 1. The molecule has 0 aliphatic carbocycles. The van der Waals surface area contributed by atoms with E-state index >= 15 is 0 Å². The largest absolute Gasteiger partial charge is 0.493 e. The normalized spacial score (nSPS) is 11.6. The van der Waals surface area contributed by atoms with Gasteiger partial charge in [-0.05, 0) is 48.6 Å². The van der Waals surface area contributed by atoms with Gasteiger partial charge in [0.1, 0.15) is 6.04 Å². The molecule has 1 atom stereocenters. The summed E-state index contributed by atoms with van der Waals surface area (Å²) >= 11 is 0. The number of esters is 1. The van der Waals surface area contributed by atoms with E-state index in [1.165, 1.54) is 13.3 Å². The zero-order valence-electron chi connectivity index (χ0n) is 16.5. The van der Waals surface area contributed by atoms with Gasteiger partial charge in [-0.1, -0.05) is 26.0 Å². The average Bonchev–Trinajstić information content (AvgIpc) is 2.69. The summed E-state index contributed by atoms with van der Waals surface area (Å²) in [5, 5.41) is 2.75. The fourth-order valence-corrected chi connectivity index (χ4v) is 2.69. The molecule has 0 aliphatic heterocycles. The SMILES string of the molecule is C=CCc1ccc(OC(=O)C(CC(C)C)NC(=O)c2cccnc2)c(OC)c1. The molecule has 2 rings (SSSR count). The number of hydrogen-bond acceptors (Lipinski definition) is 5. The minimum atomic E-state index is -0.787. The third-order valence-electron chi connectivity index (χ3n) is 4.04. The van der Waals surface area contributed by atoms with Crippen LogP contribution in [0.5, 0.6) is 11.5 Å². The third kappa shape index (κ3) is 5.94. The summed E-state index contributed by atoms with van der Waals surface area (Å²) in [6, 6.07) is 7.85. The molecule has 148 valence electrons. The molecule has 6 heteroatoms. The highest BCUT2D eigenvalue weighted by atomic mass is 16.6. The number of carbonyl (C=O) groups is 2. The van der Waals surface area contributed by atoms with E-state index < -0.39 is 12.0 Å². The zero-order valence-corrected chi connectivity index (χ0v) is 16.5. The van der Waals surface area contributed by atoms with Gasteiger partial charge in [0.15, 0.2) is 11.5 Å². The molecule has 1 heterocycles. The Hall–Kier alpha value is -3.15. The van der Waals surface area contributed by atoms with Crippen molar-refractivity contribution in [1.29, 1.82) is 0 Å². The van der Waals surface area contributed by atoms with Gasteiger partial charge in [0.05, 0.1) is 12.7 Å². The van der Waals surface area contributed by atoms with Crippen LogP contribution < -0.4 is 14.8 Å². The van der Waals surface area contributed by atoms with Crippen LogP contribution in [0.1, 0.15) is 36.2 Å². The van der Waals surface area contributed by atoms with E-state index in [4.69, 9.17) is 9.47 Å². The zero-order chi connectivity index (χ0) is 20.5. The summed E-state index contributed by atoms with van der Waals surface area (Å²) in [6.45, 7) is 7.66. The monoisotopic (exact) mass is 382 g/mol. The van der Waals surface area contributed by atoms with Gasteiger partial charge in [-0.2, -0.15) is 0 Å². The van der Waals surface area contributed by atoms with Gasteiger partial charge in [0, 0.05) is 12.4 Å². The standard InChI is InChI=1S/C22H26N2O4/c1-5-7-16-9-10-19(20(13-16)27-4)28-22(26)18(12-15(2)3)24-21(25)17-8-6-11-23-14-17/h5-6,8-11,13-15,18H,1,7,12H2,2-4H3,(H,24,25). The fraction of sp³-hybridized carbons (Fsp3) is 0.318. The van der Waals surface area contributed by atoms with Gasteiger partial charge in [0.25, 0.3) is 5.91 Å². The Morgan fingerprint density at radius 2 is 2.04 bits per heavy atom. The molecule has 1 N–H and O–H groups in total. The molecule has 0 fully saturated rings. The lowest BCUT2D eigenvalue weighted by Gasteiger charge is -2.20. The maximum Gasteiger partial charge on any atom is 0.334 e. The number of allylic oxidation sites excluding steroid dienone is 1. The van der Waals surface area contributed by atoms with Gasteiger partial charge in [-0.15, -0.1) is 6.58 Å². The van der Waals surface area contributed by atoms with E-state index in [2.05, 4.69) is 16.9 Å². The molecule has 0 radical (unpaired) electrons. The number of aromatic nitrogens is 1. The quantitative estimate of drug-likeness (QED) is 0.408. The summed E-state index contributed by atoms with van der Waals surface area (Å²) in [7, 11) is 1.51. The Bertz CT molecular complexity index is 819. The number of methoxy groups -OCH3 is 1. The van der Waals surface area contributed by atoms with E-state index in [0.717, 1.165) is 5.56 Å². The third-order valence-corrected chi connectivity index (χ3v) is 4.04. The smallest absolute Gasteiger partial charge is 0.334 e. The predicted octanol–water partition coefficient (Wildman–Crippen LogP) is 3.57. The molecule has 0 saturated heterocycles. The first-order valence-corrected chi connectivity index (χ1v) is 9.15. The van der Waals surface area contributed by atoms with Crippen molar-refractivity contribution in [2.45, 2.75) is 32.7 Å². The summed E-state index contributed by atoms with van der Waals surface area (Å²) in [4.78, 5) is 29.1. The van der Waals surface area contributed by atoms with Crippen LogP contribution in [0.3, 0.4) is 0 Å². The highest BCUT2D eigenvalue weighted by molar-refractivity contribution is 5.96. The van der Waals surface area contributed by atoms with E-state index in [1.807, 2.05) is 19.9 Å². The van der Waals surface area contributed by atoms with Crippen molar-refractivity contribution in [2.24, 2.45) is 5.92 Å². The molecular formula is C22H26N2O4. The van der Waals surface area contributed by atoms with Crippen molar-refractivity contribution < 1.29 is 19.1 Å². The van der Waals surface area contributed by atoms with E-state index in [-0.39, 0.29) is 11.8 Å². The Balaban J connectivity index is 2.16. The molecule has 1 aromatic carbocycles. The van der Waals surface area contributed by atoms with Crippen LogP contribution in [-0.2, 0) is 11.2 Å². The Morgan fingerprint density at radius 1 is 1.25 bits per heavy atom. The van der Waals surface area contributed by atoms with Crippen LogP contribution in [0.4, 0.5) is 0 Å². The van der Waals surface area contributed by atoms with Crippen LogP contribution in [0.25, 0.3) is 0 Å². The molecule has 0 spiro atoms. The van der Waals surface area contributed by atoms with Crippen molar-refractivity contribution in [3.63, 3.8) is 0 Å². The average molecular weight is 382 g/mol. The molecule has 1 aromatic heterocycles. The molecule has 28 heavy (non-hydrogen) atoms. The molecule has 1 unspecified atom stereocenters. The van der Waals surface area contributed by atoms with Gasteiger partial charge in [-0.25, -0.2) is 4.79 Å². The van der Waals surface area contributed by atoms with Gasteiger partial charge >= 0.3 is 5.97 Å². The second-order valence-electron chi connectivity index (χ2n) is 6.80. The summed E-state index contributed by atoms with van der Waals surface area (Å²) in [6.07, 6.45) is 5.95. The molecular weight excluding hydrogens is 356 g/mol. The van der Waals surface area contributed by atoms with E-state index in [0.29, 0.717) is 29.9 Å². The molecule has 0 bridgehead atoms. The van der Waals surface area contributed by atoms with Crippen molar-refractivity contribution in [3.8, 4) is 11.5 Å². The van der Waals surface area contributed by atoms with Crippen molar-refractivity contribution in [3.05, 3.63) is 66.5 Å². The van der Waals surface area contributed by atoms with Crippen LogP contribution in [0.2, 0.25) is 0 Å². The fourth-order valence-electron chi connectivity index (χ4n) is 2.69. The van der Waals surface area contributed by atoms with Crippen molar-refractivity contribution in [2.75, 3.05) is 7.11 Å². The number of carbonyl (C=O) groups excluding carboxylic acids is 2. The first kappa shape index (κ1) is 21.2. The van der Waals surface area contributed by atoms with Crippen LogP contribution in [0.15, 0.2) is 55.4 Å². The Morgan fingerprint density at radius 3 is 2.64 bits per heavy atom. The van der Waals surface area contributed by atoms with Crippen LogP contribution in [0, 0.1) is 5.92 Å². The second kappa shape index (κ2) is 10.3. The van der Waals surface area contributed by atoms with Gasteiger partial charge in [0.2, 0.25) is 0 Å². The minimum absolute atomic E-state index is 0.184. The topological polar surface area (TPSA) is 77.5 Å². The highest BCUT2D eigenvalue weighted by Crippen LogP contribution is 2.29. The maximum absolute atomic E-state index is 12.8. The maximum atomic E-state index is 12.8. The van der Waals surface area contributed by atoms with E-state index in [1.54, 1.807) is 36.5 Å². The highest BCUT2D eigenvalue weighted by Gasteiger charge is 2.25. The minimum Gasteiger partial charge on any atom is -0.493 e. The molecule has 6 nitrogen and oxygen atoms in total. The number of hydrogen-bond donors (Lipinski definition) is 1.